The van der Waals surface area contributed by atoms with E-state index < -0.39 is 17.8 Å². The molecule has 0 unspecified atom stereocenters. The molecule has 1 fully saturated rings. The van der Waals surface area contributed by atoms with Crippen LogP contribution in [-0.2, 0) is 9.59 Å². The highest BCUT2D eigenvalue weighted by atomic mass is 16.2. The highest BCUT2D eigenvalue weighted by molar-refractivity contribution is 6.39. The molecule has 1 N–H and O–H groups in total. The van der Waals surface area contributed by atoms with Gasteiger partial charge in [0.15, 0.2) is 0 Å². The number of aromatic nitrogens is 2. The van der Waals surface area contributed by atoms with Crippen LogP contribution in [0, 0.1) is 13.8 Å². The number of hydrogen-bond acceptors (Lipinski definition) is 4. The number of carbonyl (C=O) groups is 3. The number of hydrogen-bond donors (Lipinski definition) is 1. The van der Waals surface area contributed by atoms with Gasteiger partial charge in [-0.1, -0.05) is 36.4 Å². The molecule has 33 heavy (non-hydrogen) atoms. The Kier molecular flexibility index (Phi) is 4.86. The first-order chi connectivity index (χ1) is 16.0. The van der Waals surface area contributed by atoms with Gasteiger partial charge < -0.3 is 4.57 Å². The predicted octanol–water partition coefficient (Wildman–Crippen LogP) is 4.31. The Morgan fingerprint density at radius 2 is 1.73 bits per heavy atom. The van der Waals surface area contributed by atoms with Gasteiger partial charge in [-0.3, -0.25) is 19.9 Å². The number of pyridine rings is 1. The van der Waals surface area contributed by atoms with Crippen molar-refractivity contribution in [1.29, 1.82) is 0 Å². The van der Waals surface area contributed by atoms with E-state index in [2.05, 4.69) is 33.1 Å². The third-order valence-corrected chi connectivity index (χ3v) is 5.78. The minimum absolute atomic E-state index is 0.114. The van der Waals surface area contributed by atoms with E-state index >= 15 is 0 Å². The lowest BCUT2D eigenvalue weighted by Crippen LogP contribution is -2.54. The zero-order valence-electron chi connectivity index (χ0n) is 18.1. The minimum Gasteiger partial charge on any atom is -0.317 e. The lowest BCUT2D eigenvalue weighted by molar-refractivity contribution is -0.122. The molecule has 1 aliphatic rings. The molecule has 4 aromatic rings. The van der Waals surface area contributed by atoms with Gasteiger partial charge in [-0.25, -0.2) is 9.69 Å². The molecule has 7 nitrogen and oxygen atoms in total. The van der Waals surface area contributed by atoms with Crippen molar-refractivity contribution in [2.24, 2.45) is 0 Å². The van der Waals surface area contributed by atoms with Crippen LogP contribution in [0.25, 0.3) is 22.5 Å². The number of rotatable bonds is 3. The number of imide groups is 2. The molecular formula is C26H20N4O3. The molecule has 0 spiro atoms. The number of barbiturate groups is 1. The SMILES string of the molecule is Cc1cc(/C=C2\C(=O)NC(=O)N(c3cccnc3)C2=O)c(C)n1-c1cccc2ccccc12. The van der Waals surface area contributed by atoms with Crippen LogP contribution in [-0.4, -0.2) is 27.4 Å². The molecule has 2 aromatic carbocycles. The fourth-order valence-electron chi connectivity index (χ4n) is 4.24. The monoisotopic (exact) mass is 436 g/mol. The molecule has 3 heterocycles. The summed E-state index contributed by atoms with van der Waals surface area (Å²) >= 11 is 0. The number of urea groups is 1. The first-order valence-corrected chi connectivity index (χ1v) is 10.4. The van der Waals surface area contributed by atoms with Crippen LogP contribution in [0.3, 0.4) is 0 Å². The summed E-state index contributed by atoms with van der Waals surface area (Å²) in [5.41, 5.74) is 3.75. The number of fused-ring (bicyclic) bond motifs is 1. The first kappa shape index (κ1) is 20.4. The standard InChI is InChI=1S/C26H20N4O3/c1-16-13-19(17(2)29(16)23-11-5-8-18-7-3-4-10-21(18)23)14-22-24(31)28-26(33)30(25(22)32)20-9-6-12-27-15-20/h3-15H,1-2H3,(H,28,31,33)/b22-14+. The number of nitrogens with zero attached hydrogens (tertiary/aromatic N) is 3. The fourth-order valence-corrected chi connectivity index (χ4v) is 4.24. The Bertz CT molecular complexity index is 1460. The van der Waals surface area contributed by atoms with E-state index in [4.69, 9.17) is 0 Å². The van der Waals surface area contributed by atoms with Crippen LogP contribution in [0.2, 0.25) is 0 Å². The van der Waals surface area contributed by atoms with Gasteiger partial charge in [0, 0.05) is 23.0 Å². The van der Waals surface area contributed by atoms with Crippen molar-refractivity contribution in [1.82, 2.24) is 14.9 Å². The van der Waals surface area contributed by atoms with Crippen molar-refractivity contribution >= 4 is 40.4 Å². The molecule has 4 amide bonds. The summed E-state index contributed by atoms with van der Waals surface area (Å²) in [5, 5.41) is 4.47. The second-order valence-electron chi connectivity index (χ2n) is 7.83. The van der Waals surface area contributed by atoms with Gasteiger partial charge in [0.2, 0.25) is 0 Å². The van der Waals surface area contributed by atoms with Crippen LogP contribution in [0.5, 0.6) is 0 Å². The Morgan fingerprint density at radius 1 is 0.939 bits per heavy atom. The van der Waals surface area contributed by atoms with E-state index in [1.807, 2.05) is 44.2 Å². The summed E-state index contributed by atoms with van der Waals surface area (Å²) in [6.07, 6.45) is 4.48. The summed E-state index contributed by atoms with van der Waals surface area (Å²) in [4.78, 5) is 43.0. The molecule has 0 aliphatic carbocycles. The normalized spacial score (nSPS) is 15.4. The zero-order valence-corrected chi connectivity index (χ0v) is 18.1. The van der Waals surface area contributed by atoms with E-state index in [0.29, 0.717) is 5.69 Å². The van der Waals surface area contributed by atoms with Gasteiger partial charge in [0.05, 0.1) is 17.6 Å². The van der Waals surface area contributed by atoms with Gasteiger partial charge in [-0.2, -0.15) is 0 Å². The van der Waals surface area contributed by atoms with Crippen molar-refractivity contribution in [3.8, 4) is 5.69 Å². The van der Waals surface area contributed by atoms with Gasteiger partial charge in [-0.05, 0) is 55.1 Å². The predicted molar refractivity (Wildman–Crippen MR) is 126 cm³/mol. The maximum Gasteiger partial charge on any atom is 0.336 e. The Balaban J connectivity index is 1.61. The summed E-state index contributed by atoms with van der Waals surface area (Å²) in [7, 11) is 0. The molecule has 1 aliphatic heterocycles. The lowest BCUT2D eigenvalue weighted by atomic mass is 10.1. The Morgan fingerprint density at radius 3 is 2.52 bits per heavy atom. The van der Waals surface area contributed by atoms with Crippen molar-refractivity contribution in [2.75, 3.05) is 4.90 Å². The average Bonchev–Trinajstić information content (AvgIpc) is 3.09. The van der Waals surface area contributed by atoms with Crippen molar-refractivity contribution in [3.05, 3.63) is 95.6 Å². The van der Waals surface area contributed by atoms with Crippen LogP contribution >= 0.6 is 0 Å². The average molecular weight is 436 g/mol. The highest BCUT2D eigenvalue weighted by Gasteiger charge is 2.37. The van der Waals surface area contributed by atoms with Gasteiger partial charge >= 0.3 is 6.03 Å². The van der Waals surface area contributed by atoms with E-state index in [1.54, 1.807) is 18.3 Å². The first-order valence-electron chi connectivity index (χ1n) is 10.4. The van der Waals surface area contributed by atoms with Crippen LogP contribution in [0.4, 0.5) is 10.5 Å². The second-order valence-corrected chi connectivity index (χ2v) is 7.83. The number of aryl methyl sites for hydroxylation is 1. The minimum atomic E-state index is -0.795. The lowest BCUT2D eigenvalue weighted by Gasteiger charge is -2.26. The summed E-state index contributed by atoms with van der Waals surface area (Å²) in [5.74, 6) is -1.41. The second kappa shape index (κ2) is 7.87. The summed E-state index contributed by atoms with van der Waals surface area (Å²) < 4.78 is 2.10. The topological polar surface area (TPSA) is 84.3 Å². The molecule has 7 heteroatoms. The zero-order chi connectivity index (χ0) is 23.1. The van der Waals surface area contributed by atoms with Gasteiger partial charge in [-0.15, -0.1) is 0 Å². The van der Waals surface area contributed by atoms with E-state index in [1.165, 1.54) is 12.3 Å². The number of anilines is 1. The molecule has 2 aromatic heterocycles. The van der Waals surface area contributed by atoms with Crippen LogP contribution < -0.4 is 10.2 Å². The largest absolute Gasteiger partial charge is 0.336 e. The number of benzene rings is 2. The van der Waals surface area contributed by atoms with Gasteiger partial charge in [0.1, 0.15) is 5.57 Å². The number of carbonyl (C=O) groups excluding carboxylic acids is 3. The van der Waals surface area contributed by atoms with Gasteiger partial charge in [0.25, 0.3) is 11.8 Å². The van der Waals surface area contributed by atoms with Crippen molar-refractivity contribution < 1.29 is 14.4 Å². The maximum atomic E-state index is 13.1. The molecule has 0 bridgehead atoms. The maximum absolute atomic E-state index is 13.1. The molecule has 0 radical (unpaired) electrons. The smallest absolute Gasteiger partial charge is 0.317 e. The van der Waals surface area contributed by atoms with Crippen molar-refractivity contribution in [3.63, 3.8) is 0 Å². The molecular weight excluding hydrogens is 416 g/mol. The Labute approximate surface area is 190 Å². The van der Waals surface area contributed by atoms with E-state index in [0.717, 1.165) is 38.3 Å². The molecule has 5 rings (SSSR count). The fraction of sp³-hybridized carbons (Fsp3) is 0.0769. The third kappa shape index (κ3) is 3.40. The van der Waals surface area contributed by atoms with Crippen LogP contribution in [0.1, 0.15) is 17.0 Å². The van der Waals surface area contributed by atoms with Crippen LogP contribution in [0.15, 0.2) is 78.6 Å². The molecule has 1 saturated heterocycles. The quantitative estimate of drug-likeness (QED) is 0.383. The highest BCUT2D eigenvalue weighted by Crippen LogP contribution is 2.29. The van der Waals surface area contributed by atoms with Crippen molar-refractivity contribution in [2.45, 2.75) is 13.8 Å². The molecule has 0 atom stereocenters. The van der Waals surface area contributed by atoms with E-state index in [-0.39, 0.29) is 5.57 Å². The summed E-state index contributed by atoms with van der Waals surface area (Å²) in [6.45, 7) is 3.92. The van der Waals surface area contributed by atoms with E-state index in [9.17, 15) is 14.4 Å². The number of nitrogens with one attached hydrogen (secondary N) is 1. The number of amides is 4. The summed E-state index contributed by atoms with van der Waals surface area (Å²) in [6, 6.07) is 18.6. The Hall–Kier alpha value is -4.52. The molecule has 162 valence electrons. The molecule has 0 saturated carbocycles. The third-order valence-electron chi connectivity index (χ3n) is 5.78.